The molecule has 1 unspecified atom stereocenters. The lowest BCUT2D eigenvalue weighted by atomic mass is 9.98. The lowest BCUT2D eigenvalue weighted by Gasteiger charge is -2.07. The molecule has 0 aliphatic carbocycles. The van der Waals surface area contributed by atoms with Crippen LogP contribution in [0.1, 0.15) is 0 Å². The summed E-state index contributed by atoms with van der Waals surface area (Å²) in [4.78, 5) is 0. The Labute approximate surface area is 127 Å². The maximum absolute atomic E-state index is 3.55. The van der Waals surface area contributed by atoms with Gasteiger partial charge >= 0.3 is 0 Å². The molecule has 0 bridgehead atoms. The molecule has 0 fully saturated rings. The molecule has 0 saturated carbocycles. The van der Waals surface area contributed by atoms with Crippen LogP contribution in [0.3, 0.4) is 0 Å². The molecule has 4 rings (SSSR count). The topological polar surface area (TPSA) is 0 Å². The summed E-state index contributed by atoms with van der Waals surface area (Å²) in [5.74, 6) is 0. The highest BCUT2D eigenvalue weighted by Gasteiger charge is 2.03. The Morgan fingerprint density at radius 3 is 2.05 bits per heavy atom. The highest BCUT2D eigenvalue weighted by atomic mass is 79.9. The van der Waals surface area contributed by atoms with Gasteiger partial charge in [-0.2, -0.15) is 0 Å². The van der Waals surface area contributed by atoms with E-state index in [2.05, 4.69) is 82.2 Å². The Hall–Kier alpha value is -1.43. The van der Waals surface area contributed by atoms with Gasteiger partial charge in [-0.15, -0.1) is 0 Å². The van der Waals surface area contributed by atoms with Gasteiger partial charge in [0, 0.05) is 0 Å². The Morgan fingerprint density at radius 1 is 0.600 bits per heavy atom. The van der Waals surface area contributed by atoms with Crippen LogP contribution in [0.5, 0.6) is 0 Å². The summed E-state index contributed by atoms with van der Waals surface area (Å²) >= 11 is 3.55. The van der Waals surface area contributed by atoms with Crippen LogP contribution < -0.4 is 5.30 Å². The average molecular weight is 339 g/mol. The number of hydrogen-bond acceptors (Lipinski definition) is 0. The predicted octanol–water partition coefficient (Wildman–Crippen LogP) is 5.76. The molecule has 0 amide bonds. The summed E-state index contributed by atoms with van der Waals surface area (Å²) in [7, 11) is 0.667. The highest BCUT2D eigenvalue weighted by Crippen LogP contribution is 2.30. The minimum absolute atomic E-state index is 0.667. The third-order valence-corrected chi connectivity index (χ3v) is 5.71. The number of halogens is 1. The number of hydrogen-bond donors (Lipinski definition) is 0. The van der Waals surface area contributed by atoms with Crippen LogP contribution >= 0.6 is 22.8 Å². The van der Waals surface area contributed by atoms with E-state index in [1.165, 1.54) is 37.6 Å². The summed E-state index contributed by atoms with van der Waals surface area (Å²) < 4.78 is 0. The van der Waals surface area contributed by atoms with E-state index < -0.39 is 0 Å². The second kappa shape index (κ2) is 4.84. The second-order valence-corrected chi connectivity index (χ2v) is 6.97. The monoisotopic (exact) mass is 338 g/mol. The zero-order chi connectivity index (χ0) is 13.5. The van der Waals surface area contributed by atoms with Crippen LogP contribution in [0, 0.1) is 0 Å². The molecule has 0 radical (unpaired) electrons. The van der Waals surface area contributed by atoms with Crippen LogP contribution in [0.25, 0.3) is 32.3 Å². The van der Waals surface area contributed by atoms with Gasteiger partial charge in [0.25, 0.3) is 0 Å². The zero-order valence-electron chi connectivity index (χ0n) is 10.7. The Bertz CT molecular complexity index is 944. The van der Waals surface area contributed by atoms with E-state index in [0.717, 1.165) is 0 Å². The van der Waals surface area contributed by atoms with Crippen molar-refractivity contribution in [3.63, 3.8) is 0 Å². The predicted molar refractivity (Wildman–Crippen MR) is 95.8 cm³/mol. The van der Waals surface area contributed by atoms with Crippen molar-refractivity contribution >= 4 is 60.4 Å². The van der Waals surface area contributed by atoms with Crippen LogP contribution in [-0.2, 0) is 0 Å². The van der Waals surface area contributed by atoms with Gasteiger partial charge in [-0.25, -0.2) is 0 Å². The van der Waals surface area contributed by atoms with Gasteiger partial charge in [0.1, 0.15) is 0 Å². The fraction of sp³-hybridized carbons (Fsp3) is 0. The molecule has 20 heavy (non-hydrogen) atoms. The van der Waals surface area contributed by atoms with Gasteiger partial charge in [0.2, 0.25) is 0 Å². The zero-order valence-corrected chi connectivity index (χ0v) is 13.3. The molecule has 0 aliphatic rings. The van der Waals surface area contributed by atoms with Gasteiger partial charge in [-0.1, -0.05) is 64.0 Å². The normalized spacial score (nSPS) is 12.1. The Balaban J connectivity index is 2.14. The molecular formula is C18H12BrP. The third kappa shape index (κ3) is 1.93. The molecular weight excluding hydrogens is 327 g/mol. The van der Waals surface area contributed by atoms with Crippen molar-refractivity contribution in [2.75, 3.05) is 0 Å². The molecule has 96 valence electrons. The quantitative estimate of drug-likeness (QED) is 0.235. The van der Waals surface area contributed by atoms with Gasteiger partial charge in [0.05, 0.1) is 0 Å². The minimum Gasteiger partial charge on any atom is -0.0616 e. The van der Waals surface area contributed by atoms with E-state index >= 15 is 0 Å². The number of benzene rings is 4. The van der Waals surface area contributed by atoms with Crippen LogP contribution in [0.2, 0.25) is 0 Å². The Kier molecular flexibility index (Phi) is 2.98. The van der Waals surface area contributed by atoms with Crippen molar-refractivity contribution in [2.24, 2.45) is 0 Å². The van der Waals surface area contributed by atoms with Gasteiger partial charge in [-0.05, 0) is 63.1 Å². The lowest BCUT2D eigenvalue weighted by Crippen LogP contribution is -1.90. The molecule has 4 aromatic carbocycles. The summed E-state index contributed by atoms with van der Waals surface area (Å²) in [6.07, 6.45) is 0. The number of rotatable bonds is 1. The first kappa shape index (κ1) is 12.3. The maximum atomic E-state index is 3.55. The van der Waals surface area contributed by atoms with Crippen molar-refractivity contribution in [3.05, 3.63) is 66.7 Å². The number of fused-ring (bicyclic) bond motifs is 4. The molecule has 0 saturated heterocycles. The fourth-order valence-electron chi connectivity index (χ4n) is 2.81. The van der Waals surface area contributed by atoms with Crippen molar-refractivity contribution in [1.82, 2.24) is 0 Å². The average Bonchev–Trinajstić information content (AvgIpc) is 2.52. The smallest absolute Gasteiger partial charge is 0.00990 e. The molecule has 0 aliphatic heterocycles. The third-order valence-electron chi connectivity index (χ3n) is 3.81. The standard InChI is InChI=1S/C18H12BrP/c19-20-16-7-8-17-15(10-16)6-5-14-9-12-3-1-2-4-13(12)11-18(14)17/h1-11,20H. The molecule has 1 atom stereocenters. The first-order chi connectivity index (χ1) is 9.85. The van der Waals surface area contributed by atoms with E-state index in [1.807, 2.05) is 0 Å². The van der Waals surface area contributed by atoms with E-state index in [1.54, 1.807) is 0 Å². The van der Waals surface area contributed by atoms with E-state index in [-0.39, 0.29) is 0 Å². The molecule has 0 heterocycles. The minimum atomic E-state index is 0.667. The SMILES string of the molecule is BrPc1ccc2c(ccc3cc4ccccc4cc32)c1. The summed E-state index contributed by atoms with van der Waals surface area (Å²) in [5.41, 5.74) is 0. The summed E-state index contributed by atoms with van der Waals surface area (Å²) in [5, 5.41) is 9.25. The van der Waals surface area contributed by atoms with E-state index in [0.29, 0.717) is 7.28 Å². The molecule has 0 nitrogen and oxygen atoms in total. The van der Waals surface area contributed by atoms with E-state index in [9.17, 15) is 0 Å². The maximum Gasteiger partial charge on any atom is -0.00990 e. The van der Waals surface area contributed by atoms with E-state index in [4.69, 9.17) is 0 Å². The highest BCUT2D eigenvalue weighted by molar-refractivity contribution is 9.37. The molecule has 0 aromatic heterocycles. The van der Waals surface area contributed by atoms with Crippen LogP contribution in [0.4, 0.5) is 0 Å². The molecule has 4 aromatic rings. The van der Waals surface area contributed by atoms with Crippen molar-refractivity contribution in [3.8, 4) is 0 Å². The van der Waals surface area contributed by atoms with Crippen molar-refractivity contribution < 1.29 is 0 Å². The van der Waals surface area contributed by atoms with Gasteiger partial charge < -0.3 is 0 Å². The van der Waals surface area contributed by atoms with Gasteiger partial charge in [-0.3, -0.25) is 0 Å². The lowest BCUT2D eigenvalue weighted by molar-refractivity contribution is 1.79. The van der Waals surface area contributed by atoms with Crippen molar-refractivity contribution in [1.29, 1.82) is 0 Å². The molecule has 0 spiro atoms. The first-order valence-corrected chi connectivity index (χ1v) is 9.83. The Morgan fingerprint density at radius 2 is 1.30 bits per heavy atom. The summed E-state index contributed by atoms with van der Waals surface area (Å²) in [6.45, 7) is 0. The fourth-order valence-corrected chi connectivity index (χ4v) is 3.91. The largest absolute Gasteiger partial charge is 0.0616 e. The molecule has 0 N–H and O–H groups in total. The van der Waals surface area contributed by atoms with Crippen LogP contribution in [-0.4, -0.2) is 0 Å². The van der Waals surface area contributed by atoms with Gasteiger partial charge in [0.15, 0.2) is 0 Å². The second-order valence-electron chi connectivity index (χ2n) is 5.02. The van der Waals surface area contributed by atoms with Crippen molar-refractivity contribution in [2.45, 2.75) is 0 Å². The van der Waals surface area contributed by atoms with Crippen LogP contribution in [0.15, 0.2) is 66.7 Å². The first-order valence-electron chi connectivity index (χ1n) is 6.57. The summed E-state index contributed by atoms with van der Waals surface area (Å²) in [6, 6.07) is 24.3. The molecule has 2 heteroatoms.